The Kier molecular flexibility index (Phi) is 5.06. The van der Waals surface area contributed by atoms with Crippen LogP contribution < -0.4 is 0 Å². The Hall–Kier alpha value is -2.37. The summed E-state index contributed by atoms with van der Waals surface area (Å²) in [5.74, 6) is -2.26. The maximum Gasteiger partial charge on any atom is 0.396 e. The molecule has 0 bridgehead atoms. The number of carbonyl (C=O) groups is 1. The molecule has 0 N–H and O–H groups in total. The molecule has 1 aromatic heterocycles. The van der Waals surface area contributed by atoms with Crippen molar-refractivity contribution in [3.05, 3.63) is 66.0 Å². The average molecular weight is 348 g/mol. The summed E-state index contributed by atoms with van der Waals surface area (Å²) in [7, 11) is 0. The fourth-order valence-corrected chi connectivity index (χ4v) is 3.35. The molecule has 1 saturated heterocycles. The Balaban J connectivity index is 1.79. The summed E-state index contributed by atoms with van der Waals surface area (Å²) in [4.78, 5) is 18.5. The molecule has 2 heterocycles. The minimum atomic E-state index is -4.46. The lowest BCUT2D eigenvalue weighted by Crippen LogP contribution is -2.34. The van der Waals surface area contributed by atoms with Crippen LogP contribution in [0.5, 0.6) is 0 Å². The van der Waals surface area contributed by atoms with Gasteiger partial charge in [0.2, 0.25) is 5.91 Å². The number of benzene rings is 1. The fraction of sp³-hybridized carbons (Fsp3) is 0.368. The van der Waals surface area contributed by atoms with Crippen molar-refractivity contribution in [1.29, 1.82) is 0 Å². The van der Waals surface area contributed by atoms with Gasteiger partial charge >= 0.3 is 6.18 Å². The van der Waals surface area contributed by atoms with Crippen LogP contribution in [-0.2, 0) is 4.79 Å². The highest BCUT2D eigenvalue weighted by Crippen LogP contribution is 2.39. The van der Waals surface area contributed by atoms with E-state index in [1.54, 1.807) is 35.4 Å². The monoisotopic (exact) mass is 348 g/mol. The highest BCUT2D eigenvalue weighted by Gasteiger charge is 2.43. The van der Waals surface area contributed by atoms with Crippen molar-refractivity contribution >= 4 is 5.91 Å². The fourth-order valence-electron chi connectivity index (χ4n) is 3.35. The number of halogens is 3. The van der Waals surface area contributed by atoms with E-state index in [2.05, 4.69) is 4.98 Å². The van der Waals surface area contributed by atoms with Gasteiger partial charge in [-0.2, -0.15) is 13.2 Å². The second-order valence-electron chi connectivity index (χ2n) is 6.21. The van der Waals surface area contributed by atoms with Gasteiger partial charge in [-0.3, -0.25) is 9.78 Å². The molecule has 0 saturated carbocycles. The zero-order valence-electron chi connectivity index (χ0n) is 13.6. The van der Waals surface area contributed by atoms with Gasteiger partial charge in [-0.15, -0.1) is 0 Å². The lowest BCUT2D eigenvalue weighted by Gasteiger charge is -2.27. The summed E-state index contributed by atoms with van der Waals surface area (Å²) in [6.45, 7) is 0.472. The summed E-state index contributed by atoms with van der Waals surface area (Å²) in [5.41, 5.74) is 0.855. The summed E-state index contributed by atoms with van der Waals surface area (Å²) in [6.07, 6.45) is -1.90. The van der Waals surface area contributed by atoms with Crippen LogP contribution in [-0.4, -0.2) is 28.5 Å². The third-order valence-corrected chi connectivity index (χ3v) is 4.58. The third-order valence-electron chi connectivity index (χ3n) is 4.58. The first kappa shape index (κ1) is 17.5. The van der Waals surface area contributed by atoms with Crippen LogP contribution in [0.25, 0.3) is 0 Å². The van der Waals surface area contributed by atoms with Crippen LogP contribution in [0, 0.1) is 0 Å². The van der Waals surface area contributed by atoms with Gasteiger partial charge in [-0.05, 0) is 30.5 Å². The van der Waals surface area contributed by atoms with Gasteiger partial charge in [0.05, 0.1) is 17.7 Å². The van der Waals surface area contributed by atoms with Gasteiger partial charge in [0.1, 0.15) is 0 Å². The minimum absolute atomic E-state index is 0.122. The summed E-state index contributed by atoms with van der Waals surface area (Å²) < 4.78 is 40.5. The molecule has 3 nitrogen and oxygen atoms in total. The van der Waals surface area contributed by atoms with Crippen molar-refractivity contribution < 1.29 is 18.0 Å². The zero-order valence-corrected chi connectivity index (χ0v) is 13.6. The molecule has 132 valence electrons. The van der Waals surface area contributed by atoms with Crippen LogP contribution in [0.3, 0.4) is 0 Å². The van der Waals surface area contributed by atoms with Gasteiger partial charge in [0.25, 0.3) is 0 Å². The van der Waals surface area contributed by atoms with E-state index in [1.807, 2.05) is 12.1 Å². The molecule has 3 rings (SSSR count). The van der Waals surface area contributed by atoms with Crippen molar-refractivity contribution in [2.45, 2.75) is 37.4 Å². The normalized spacial score (nSPS) is 19.0. The minimum Gasteiger partial charge on any atom is -0.334 e. The van der Waals surface area contributed by atoms with E-state index in [4.69, 9.17) is 0 Å². The first-order valence-electron chi connectivity index (χ1n) is 8.29. The molecule has 2 unspecified atom stereocenters. The Morgan fingerprint density at radius 3 is 2.52 bits per heavy atom. The number of likely N-dealkylation sites (tertiary alicyclic amines) is 1. The number of hydrogen-bond acceptors (Lipinski definition) is 2. The molecule has 2 aromatic rings. The van der Waals surface area contributed by atoms with E-state index in [9.17, 15) is 18.0 Å². The summed E-state index contributed by atoms with van der Waals surface area (Å²) in [5, 5.41) is 0. The second-order valence-corrected chi connectivity index (χ2v) is 6.21. The largest absolute Gasteiger partial charge is 0.396 e. The zero-order chi connectivity index (χ0) is 17.9. The SMILES string of the molecule is O=C(CC(c1ccccc1)C(F)(F)F)N1CCCC1c1ccccn1. The summed E-state index contributed by atoms with van der Waals surface area (Å²) in [6, 6.07) is 12.8. The van der Waals surface area contributed by atoms with Gasteiger partial charge in [0.15, 0.2) is 0 Å². The quantitative estimate of drug-likeness (QED) is 0.816. The average Bonchev–Trinajstić information content (AvgIpc) is 3.10. The second kappa shape index (κ2) is 7.25. The lowest BCUT2D eigenvalue weighted by molar-refractivity contribution is -0.161. The van der Waals surface area contributed by atoms with Crippen LogP contribution in [0.15, 0.2) is 54.7 Å². The van der Waals surface area contributed by atoms with Crippen molar-refractivity contribution in [3.63, 3.8) is 0 Å². The molecule has 1 aliphatic heterocycles. The van der Waals surface area contributed by atoms with Gasteiger partial charge < -0.3 is 4.90 Å². The maximum absolute atomic E-state index is 13.5. The molecule has 1 fully saturated rings. The number of carbonyl (C=O) groups excluding carboxylic acids is 1. The first-order chi connectivity index (χ1) is 12.0. The van der Waals surface area contributed by atoms with E-state index in [1.165, 1.54) is 12.1 Å². The van der Waals surface area contributed by atoms with Crippen LogP contribution in [0.4, 0.5) is 13.2 Å². The van der Waals surface area contributed by atoms with E-state index < -0.39 is 24.4 Å². The number of pyridine rings is 1. The Morgan fingerprint density at radius 2 is 1.88 bits per heavy atom. The maximum atomic E-state index is 13.5. The molecule has 2 atom stereocenters. The van der Waals surface area contributed by atoms with Crippen LogP contribution >= 0.6 is 0 Å². The number of hydrogen-bond donors (Lipinski definition) is 0. The predicted octanol–water partition coefficient (Wildman–Crippen LogP) is 4.48. The van der Waals surface area contributed by atoms with Gasteiger partial charge in [-0.1, -0.05) is 36.4 Å². The molecule has 1 aromatic carbocycles. The number of aromatic nitrogens is 1. The molecule has 1 amide bonds. The standard InChI is InChI=1S/C19H19F3N2O/c20-19(21,22)15(14-7-2-1-3-8-14)13-18(25)24-12-6-10-17(24)16-9-4-5-11-23-16/h1-5,7-9,11,15,17H,6,10,12-13H2. The first-order valence-corrected chi connectivity index (χ1v) is 8.29. The lowest BCUT2D eigenvalue weighted by atomic mass is 9.94. The van der Waals surface area contributed by atoms with Gasteiger partial charge in [0, 0.05) is 19.2 Å². The molecule has 0 spiro atoms. The Morgan fingerprint density at radius 1 is 1.16 bits per heavy atom. The highest BCUT2D eigenvalue weighted by molar-refractivity contribution is 5.78. The third kappa shape index (κ3) is 4.00. The predicted molar refractivity (Wildman–Crippen MR) is 87.8 cm³/mol. The molecular formula is C19H19F3N2O. The van der Waals surface area contributed by atoms with Gasteiger partial charge in [-0.25, -0.2) is 0 Å². The van der Waals surface area contributed by atoms with Crippen LogP contribution in [0.2, 0.25) is 0 Å². The van der Waals surface area contributed by atoms with Crippen molar-refractivity contribution in [3.8, 4) is 0 Å². The van der Waals surface area contributed by atoms with E-state index in [0.29, 0.717) is 6.54 Å². The van der Waals surface area contributed by atoms with E-state index in [-0.39, 0.29) is 11.6 Å². The number of amides is 1. The van der Waals surface area contributed by atoms with Crippen molar-refractivity contribution in [1.82, 2.24) is 9.88 Å². The molecular weight excluding hydrogens is 329 g/mol. The molecule has 0 radical (unpaired) electrons. The highest BCUT2D eigenvalue weighted by atomic mass is 19.4. The van der Waals surface area contributed by atoms with Crippen LogP contribution in [0.1, 0.15) is 42.5 Å². The number of nitrogens with zero attached hydrogens (tertiary/aromatic N) is 2. The Bertz CT molecular complexity index is 704. The van der Waals surface area contributed by atoms with Crippen molar-refractivity contribution in [2.24, 2.45) is 0 Å². The molecule has 6 heteroatoms. The molecule has 25 heavy (non-hydrogen) atoms. The van der Waals surface area contributed by atoms with E-state index >= 15 is 0 Å². The Labute approximate surface area is 144 Å². The number of rotatable bonds is 4. The smallest absolute Gasteiger partial charge is 0.334 e. The number of alkyl halides is 3. The molecule has 0 aliphatic carbocycles. The molecule has 1 aliphatic rings. The topological polar surface area (TPSA) is 33.2 Å². The summed E-state index contributed by atoms with van der Waals surface area (Å²) >= 11 is 0. The van der Waals surface area contributed by atoms with E-state index in [0.717, 1.165) is 18.5 Å². The van der Waals surface area contributed by atoms with Crippen molar-refractivity contribution in [2.75, 3.05) is 6.54 Å².